The number of hydrogen-bond donors (Lipinski definition) is 0. The monoisotopic (exact) mass is 484 g/mol. The standard InChI is InChI=1S/C26H30O5P2/c1-24(2,3)19-11-12-22(23(17-19)25(4,5)6)21-10-8-7-9-20(21)18-13-15-26(16-14-18)29-32(27)31-33(28)30-26/h7-15,17H,16H2,1-6H3/q+2. The molecule has 1 heterocycles. The zero-order valence-electron chi connectivity index (χ0n) is 19.9. The maximum atomic E-state index is 11.8. The molecule has 0 bridgehead atoms. The van der Waals surface area contributed by atoms with Crippen LogP contribution in [0.3, 0.4) is 0 Å². The van der Waals surface area contributed by atoms with Gasteiger partial charge in [0, 0.05) is 15.6 Å². The average Bonchev–Trinajstić information content (AvgIpc) is 2.72. The van der Waals surface area contributed by atoms with Crippen molar-refractivity contribution in [3.05, 3.63) is 77.4 Å². The van der Waals surface area contributed by atoms with Crippen LogP contribution in [-0.2, 0) is 33.3 Å². The fraction of sp³-hybridized carbons (Fsp3) is 0.385. The van der Waals surface area contributed by atoms with Gasteiger partial charge in [-0.05, 0) is 50.3 Å². The van der Waals surface area contributed by atoms with E-state index in [1.807, 2.05) is 18.2 Å². The van der Waals surface area contributed by atoms with Gasteiger partial charge >= 0.3 is 22.3 Å². The molecule has 2 aromatic rings. The van der Waals surface area contributed by atoms with E-state index in [2.05, 4.69) is 82.3 Å². The molecule has 2 aromatic carbocycles. The van der Waals surface area contributed by atoms with Crippen LogP contribution in [0.5, 0.6) is 0 Å². The van der Waals surface area contributed by atoms with Crippen molar-refractivity contribution < 1.29 is 22.5 Å². The summed E-state index contributed by atoms with van der Waals surface area (Å²) in [5.74, 6) is -1.32. The van der Waals surface area contributed by atoms with E-state index in [9.17, 15) is 9.13 Å². The first-order chi connectivity index (χ1) is 15.4. The maximum Gasteiger partial charge on any atom is 0.751 e. The smallest absolute Gasteiger partial charge is 0.0707 e. The van der Waals surface area contributed by atoms with E-state index in [-0.39, 0.29) is 17.3 Å². The van der Waals surface area contributed by atoms with E-state index < -0.39 is 22.3 Å². The van der Waals surface area contributed by atoms with Gasteiger partial charge in [0.05, 0.1) is 0 Å². The van der Waals surface area contributed by atoms with Crippen LogP contribution in [0.15, 0.2) is 60.7 Å². The lowest BCUT2D eigenvalue weighted by Gasteiger charge is -2.28. The highest BCUT2D eigenvalue weighted by Crippen LogP contribution is 2.54. The van der Waals surface area contributed by atoms with E-state index in [0.29, 0.717) is 0 Å². The number of hydrogen-bond acceptors (Lipinski definition) is 5. The van der Waals surface area contributed by atoms with Gasteiger partial charge < -0.3 is 0 Å². The minimum Gasteiger partial charge on any atom is -0.0707 e. The molecule has 0 N–H and O–H groups in total. The van der Waals surface area contributed by atoms with Crippen molar-refractivity contribution in [3.8, 4) is 11.1 Å². The molecule has 7 heteroatoms. The summed E-state index contributed by atoms with van der Waals surface area (Å²) in [5.41, 5.74) is 7.05. The van der Waals surface area contributed by atoms with Gasteiger partial charge in [0.2, 0.25) is 0 Å². The lowest BCUT2D eigenvalue weighted by molar-refractivity contribution is -0.0847. The van der Waals surface area contributed by atoms with Gasteiger partial charge in [-0.1, -0.05) is 105 Å². The van der Waals surface area contributed by atoms with Crippen molar-refractivity contribution in [2.24, 2.45) is 0 Å². The molecule has 0 saturated carbocycles. The molecule has 4 rings (SSSR count). The second-order valence-electron chi connectivity index (χ2n) is 10.5. The third kappa shape index (κ3) is 5.09. The summed E-state index contributed by atoms with van der Waals surface area (Å²) in [6.45, 7) is 13.4. The fourth-order valence-corrected chi connectivity index (χ4v) is 5.74. The van der Waals surface area contributed by atoms with E-state index in [1.54, 1.807) is 6.08 Å². The van der Waals surface area contributed by atoms with Gasteiger partial charge in [0.25, 0.3) is 0 Å². The Balaban J connectivity index is 1.76. The zero-order chi connectivity index (χ0) is 24.0. The third-order valence-corrected chi connectivity index (χ3v) is 7.92. The first-order valence-corrected chi connectivity index (χ1v) is 13.2. The topological polar surface area (TPSA) is 61.8 Å². The van der Waals surface area contributed by atoms with Crippen molar-refractivity contribution >= 4 is 22.1 Å². The second kappa shape index (κ2) is 8.65. The Kier molecular flexibility index (Phi) is 6.33. The summed E-state index contributed by atoms with van der Waals surface area (Å²) < 4.78 is 38.8. The summed E-state index contributed by atoms with van der Waals surface area (Å²) in [7, 11) is -4.97. The first-order valence-electron chi connectivity index (χ1n) is 11.0. The molecular weight excluding hydrogens is 454 g/mol. The predicted molar refractivity (Wildman–Crippen MR) is 132 cm³/mol. The van der Waals surface area contributed by atoms with Crippen LogP contribution >= 0.6 is 16.5 Å². The molecule has 33 heavy (non-hydrogen) atoms. The number of rotatable bonds is 2. The zero-order valence-corrected chi connectivity index (χ0v) is 21.7. The highest BCUT2D eigenvalue weighted by atomic mass is 31.2. The molecule has 2 atom stereocenters. The molecule has 5 nitrogen and oxygen atoms in total. The van der Waals surface area contributed by atoms with Gasteiger partial charge in [-0.25, -0.2) is 0 Å². The molecule has 0 aromatic heterocycles. The average molecular weight is 484 g/mol. The molecule has 1 saturated heterocycles. The minimum atomic E-state index is -2.48. The molecule has 172 valence electrons. The van der Waals surface area contributed by atoms with Crippen molar-refractivity contribution in [1.29, 1.82) is 0 Å². The Morgan fingerprint density at radius 2 is 1.45 bits per heavy atom. The molecule has 1 fully saturated rings. The Morgan fingerprint density at radius 3 is 2.00 bits per heavy atom. The summed E-state index contributed by atoms with van der Waals surface area (Å²) >= 11 is 0. The summed E-state index contributed by atoms with van der Waals surface area (Å²) in [6.07, 6.45) is 5.81. The van der Waals surface area contributed by atoms with Crippen molar-refractivity contribution in [2.75, 3.05) is 0 Å². The summed E-state index contributed by atoms with van der Waals surface area (Å²) in [5, 5.41) is 0. The highest BCUT2D eigenvalue weighted by molar-refractivity contribution is 7.48. The van der Waals surface area contributed by atoms with Gasteiger partial charge in [-0.2, -0.15) is 0 Å². The van der Waals surface area contributed by atoms with E-state index >= 15 is 0 Å². The molecule has 0 radical (unpaired) electrons. The van der Waals surface area contributed by atoms with E-state index in [4.69, 9.17) is 9.05 Å². The van der Waals surface area contributed by atoms with Crippen molar-refractivity contribution in [1.82, 2.24) is 0 Å². The molecule has 0 amide bonds. The molecule has 1 aliphatic carbocycles. The molecule has 1 aliphatic heterocycles. The van der Waals surface area contributed by atoms with Crippen molar-refractivity contribution in [2.45, 2.75) is 64.6 Å². The van der Waals surface area contributed by atoms with Gasteiger partial charge in [0.15, 0.2) is 4.31 Å². The minimum absolute atomic E-state index is 0.0368. The van der Waals surface area contributed by atoms with Crippen LogP contribution in [0.4, 0.5) is 0 Å². The second-order valence-corrected chi connectivity index (χ2v) is 12.4. The predicted octanol–water partition coefficient (Wildman–Crippen LogP) is 8.37. The van der Waals surface area contributed by atoms with Gasteiger partial charge in [-0.15, -0.1) is 0 Å². The SMILES string of the molecule is CC(C)(C)c1ccc(-c2ccccc2C2=CCC3(C=C2)O[P+](=O)O[P+](=O)O3)c(C(C)(C)C)c1. The molecule has 2 unspecified atom stereocenters. The third-order valence-electron chi connectivity index (χ3n) is 5.94. The fourth-order valence-electron chi connectivity index (χ4n) is 4.13. The molecule has 2 aliphatic rings. The maximum absolute atomic E-state index is 11.8. The van der Waals surface area contributed by atoms with Gasteiger partial charge in [-0.3, -0.25) is 0 Å². The van der Waals surface area contributed by atoms with Crippen LogP contribution in [0.1, 0.15) is 64.7 Å². The first kappa shape index (κ1) is 24.1. The highest BCUT2D eigenvalue weighted by Gasteiger charge is 2.60. The molecular formula is C26H30O5P2+2. The quantitative estimate of drug-likeness (QED) is 0.401. The number of benzene rings is 2. The normalized spacial score (nSPS) is 23.6. The summed E-state index contributed by atoms with van der Waals surface area (Å²) in [6, 6.07) is 15.1. The van der Waals surface area contributed by atoms with Crippen molar-refractivity contribution in [3.63, 3.8) is 0 Å². The summed E-state index contributed by atoms with van der Waals surface area (Å²) in [4.78, 5) is 0. The lowest BCUT2D eigenvalue weighted by Crippen LogP contribution is -2.32. The number of allylic oxidation sites excluding steroid dienone is 2. The van der Waals surface area contributed by atoms with Crippen LogP contribution < -0.4 is 0 Å². The largest absolute Gasteiger partial charge is 0.751 e. The van der Waals surface area contributed by atoms with Crippen LogP contribution in [0, 0.1) is 0 Å². The molecule has 1 spiro atoms. The lowest BCUT2D eigenvalue weighted by atomic mass is 9.76. The van der Waals surface area contributed by atoms with Crippen LogP contribution in [-0.4, -0.2) is 5.79 Å². The Morgan fingerprint density at radius 1 is 0.818 bits per heavy atom. The van der Waals surface area contributed by atoms with Crippen LogP contribution in [0.2, 0.25) is 0 Å². The Hall–Kier alpha value is -2.00. The van der Waals surface area contributed by atoms with E-state index in [0.717, 1.165) is 16.7 Å². The Bertz CT molecular complexity index is 1170. The Labute approximate surface area is 197 Å². The van der Waals surface area contributed by atoms with E-state index in [1.165, 1.54) is 16.7 Å². The van der Waals surface area contributed by atoms with Crippen LogP contribution in [0.25, 0.3) is 16.7 Å². The van der Waals surface area contributed by atoms with Gasteiger partial charge in [0.1, 0.15) is 0 Å².